The lowest BCUT2D eigenvalue weighted by molar-refractivity contribution is 0.0547. The number of hydrogen-bond acceptors (Lipinski definition) is 9. The maximum Gasteiger partial charge on any atom is 0.323 e. The molecule has 0 saturated carbocycles. The van der Waals surface area contributed by atoms with Crippen molar-refractivity contribution >= 4 is 23.5 Å². The van der Waals surface area contributed by atoms with Gasteiger partial charge < -0.3 is 30.6 Å². The molecule has 1 aromatic carbocycles. The molecule has 0 aliphatic heterocycles. The maximum absolute atomic E-state index is 5.93. The van der Waals surface area contributed by atoms with Gasteiger partial charge in [-0.15, -0.1) is 0 Å². The van der Waals surface area contributed by atoms with Crippen molar-refractivity contribution in [2.75, 3.05) is 56.8 Å². The standard InChI is InChI=1S/C20H31ClN6O3/c1-2-3-10-30-20-26-18(23-9-12-29-14-13-28-11-8-22)25-19(27-20)24-15-16-4-6-17(21)7-5-16/h4-7H,2-3,8-15,22H2,1H3,(H2,23,24,25,26,27). The van der Waals surface area contributed by atoms with E-state index in [2.05, 4.69) is 32.5 Å². The minimum atomic E-state index is 0.288. The van der Waals surface area contributed by atoms with E-state index in [4.69, 9.17) is 31.5 Å². The monoisotopic (exact) mass is 438 g/mol. The van der Waals surface area contributed by atoms with Gasteiger partial charge in [0.1, 0.15) is 0 Å². The minimum absolute atomic E-state index is 0.288. The second-order valence-corrected chi connectivity index (χ2v) is 6.82. The summed E-state index contributed by atoms with van der Waals surface area (Å²) in [4.78, 5) is 13.1. The summed E-state index contributed by atoms with van der Waals surface area (Å²) in [5.74, 6) is 0.864. The van der Waals surface area contributed by atoms with E-state index in [0.29, 0.717) is 69.6 Å². The Balaban J connectivity index is 1.86. The topological polar surface area (TPSA) is 116 Å². The van der Waals surface area contributed by atoms with E-state index >= 15 is 0 Å². The zero-order valence-corrected chi connectivity index (χ0v) is 18.2. The number of unbranched alkanes of at least 4 members (excludes halogenated alkanes) is 1. The zero-order valence-electron chi connectivity index (χ0n) is 17.4. The van der Waals surface area contributed by atoms with E-state index in [1.165, 1.54) is 0 Å². The first kappa shape index (κ1) is 24.1. The van der Waals surface area contributed by atoms with Gasteiger partial charge in [-0.05, 0) is 24.1 Å². The van der Waals surface area contributed by atoms with E-state index in [0.717, 1.165) is 18.4 Å². The summed E-state index contributed by atoms with van der Waals surface area (Å²) >= 11 is 5.93. The largest absolute Gasteiger partial charge is 0.463 e. The summed E-state index contributed by atoms with van der Waals surface area (Å²) in [5.41, 5.74) is 6.43. The van der Waals surface area contributed by atoms with Gasteiger partial charge in [-0.2, -0.15) is 15.0 Å². The summed E-state index contributed by atoms with van der Waals surface area (Å²) in [5, 5.41) is 7.04. The molecule has 1 heterocycles. The van der Waals surface area contributed by atoms with Crippen LogP contribution in [0.1, 0.15) is 25.3 Å². The lowest BCUT2D eigenvalue weighted by Crippen LogP contribution is -2.17. The Labute approximate surface area is 182 Å². The smallest absolute Gasteiger partial charge is 0.323 e. The summed E-state index contributed by atoms with van der Waals surface area (Å²) in [7, 11) is 0. The Morgan fingerprint density at radius 3 is 2.30 bits per heavy atom. The second kappa shape index (κ2) is 14.7. The number of aromatic nitrogens is 3. The molecule has 0 unspecified atom stereocenters. The number of hydrogen-bond donors (Lipinski definition) is 3. The third-order valence-electron chi connectivity index (χ3n) is 3.87. The molecule has 166 valence electrons. The molecule has 0 spiro atoms. The average molecular weight is 439 g/mol. The van der Waals surface area contributed by atoms with Crippen molar-refractivity contribution in [1.29, 1.82) is 0 Å². The molecule has 10 heteroatoms. The van der Waals surface area contributed by atoms with Crippen molar-refractivity contribution < 1.29 is 14.2 Å². The molecule has 0 atom stereocenters. The van der Waals surface area contributed by atoms with Gasteiger partial charge >= 0.3 is 6.01 Å². The van der Waals surface area contributed by atoms with E-state index in [1.54, 1.807) is 0 Å². The molecular weight excluding hydrogens is 408 g/mol. The molecule has 0 fully saturated rings. The lowest BCUT2D eigenvalue weighted by atomic mass is 10.2. The highest BCUT2D eigenvalue weighted by Crippen LogP contribution is 2.14. The quantitative estimate of drug-likeness (QED) is 0.340. The van der Waals surface area contributed by atoms with Gasteiger partial charge in [-0.1, -0.05) is 37.1 Å². The summed E-state index contributed by atoms with van der Waals surface area (Å²) < 4.78 is 16.4. The van der Waals surface area contributed by atoms with E-state index in [9.17, 15) is 0 Å². The number of halogens is 1. The fraction of sp³-hybridized carbons (Fsp3) is 0.550. The molecule has 0 amide bonds. The summed E-state index contributed by atoms with van der Waals surface area (Å²) in [6.45, 7) is 6.35. The Morgan fingerprint density at radius 2 is 1.60 bits per heavy atom. The van der Waals surface area contributed by atoms with Crippen LogP contribution in [0.2, 0.25) is 5.02 Å². The number of nitrogens with two attached hydrogens (primary N) is 1. The van der Waals surface area contributed by atoms with Crippen LogP contribution in [0, 0.1) is 0 Å². The van der Waals surface area contributed by atoms with Gasteiger partial charge in [0.15, 0.2) is 0 Å². The molecule has 2 aromatic rings. The third kappa shape index (κ3) is 10.0. The molecule has 1 aromatic heterocycles. The molecule has 2 rings (SSSR count). The highest BCUT2D eigenvalue weighted by Gasteiger charge is 2.08. The summed E-state index contributed by atoms with van der Waals surface area (Å²) in [6.07, 6.45) is 1.96. The minimum Gasteiger partial charge on any atom is -0.463 e. The van der Waals surface area contributed by atoms with Crippen molar-refractivity contribution in [2.45, 2.75) is 26.3 Å². The number of rotatable bonds is 16. The molecule has 0 bridgehead atoms. The lowest BCUT2D eigenvalue weighted by Gasteiger charge is -2.11. The van der Waals surface area contributed by atoms with Gasteiger partial charge in [0.05, 0.1) is 33.0 Å². The van der Waals surface area contributed by atoms with E-state index < -0.39 is 0 Å². The predicted molar refractivity (Wildman–Crippen MR) is 118 cm³/mol. The van der Waals surface area contributed by atoms with Gasteiger partial charge in [0.25, 0.3) is 0 Å². The Bertz CT molecular complexity index is 720. The first-order valence-electron chi connectivity index (χ1n) is 10.2. The third-order valence-corrected chi connectivity index (χ3v) is 4.12. The van der Waals surface area contributed by atoms with Gasteiger partial charge in [-0.3, -0.25) is 0 Å². The van der Waals surface area contributed by atoms with Gasteiger partial charge in [0.2, 0.25) is 11.9 Å². The van der Waals surface area contributed by atoms with Crippen molar-refractivity contribution in [3.63, 3.8) is 0 Å². The molecule has 0 aliphatic rings. The van der Waals surface area contributed by atoms with E-state index in [-0.39, 0.29) is 6.01 Å². The molecular formula is C20H31ClN6O3. The van der Waals surface area contributed by atoms with Gasteiger partial charge in [-0.25, -0.2) is 0 Å². The zero-order chi connectivity index (χ0) is 21.4. The number of nitrogens with zero attached hydrogens (tertiary/aromatic N) is 3. The molecule has 9 nitrogen and oxygen atoms in total. The number of ether oxygens (including phenoxy) is 3. The van der Waals surface area contributed by atoms with Crippen molar-refractivity contribution in [1.82, 2.24) is 15.0 Å². The van der Waals surface area contributed by atoms with Crippen LogP contribution in [-0.2, 0) is 16.0 Å². The number of nitrogens with one attached hydrogen (secondary N) is 2. The van der Waals surface area contributed by atoms with Crippen molar-refractivity contribution in [3.05, 3.63) is 34.9 Å². The molecule has 0 radical (unpaired) electrons. The first-order valence-corrected chi connectivity index (χ1v) is 10.6. The van der Waals surface area contributed by atoms with Crippen molar-refractivity contribution in [2.24, 2.45) is 5.73 Å². The first-order chi connectivity index (χ1) is 14.7. The van der Waals surface area contributed by atoms with E-state index in [1.807, 2.05) is 24.3 Å². The highest BCUT2D eigenvalue weighted by atomic mass is 35.5. The normalized spacial score (nSPS) is 10.8. The molecule has 0 aliphatic carbocycles. The molecule has 4 N–H and O–H groups in total. The van der Waals surface area contributed by atoms with Crippen LogP contribution >= 0.6 is 11.6 Å². The van der Waals surface area contributed by atoms with Crippen LogP contribution in [-0.4, -0.2) is 61.1 Å². The van der Waals surface area contributed by atoms with Crippen LogP contribution in [0.5, 0.6) is 6.01 Å². The highest BCUT2D eigenvalue weighted by molar-refractivity contribution is 6.30. The average Bonchev–Trinajstić information content (AvgIpc) is 2.75. The fourth-order valence-electron chi connectivity index (χ4n) is 2.31. The van der Waals surface area contributed by atoms with Crippen LogP contribution in [0.25, 0.3) is 0 Å². The number of benzene rings is 1. The van der Waals surface area contributed by atoms with Crippen LogP contribution in [0.4, 0.5) is 11.9 Å². The van der Waals surface area contributed by atoms with Crippen LogP contribution in [0.15, 0.2) is 24.3 Å². The number of anilines is 2. The second-order valence-electron chi connectivity index (χ2n) is 6.39. The molecule has 0 saturated heterocycles. The SMILES string of the molecule is CCCCOc1nc(NCCOCCOCCN)nc(NCc2ccc(Cl)cc2)n1. The molecule has 30 heavy (non-hydrogen) atoms. The maximum atomic E-state index is 5.93. The Kier molecular flexibility index (Phi) is 11.8. The fourth-order valence-corrected chi connectivity index (χ4v) is 2.44. The Morgan fingerprint density at radius 1 is 0.900 bits per heavy atom. The van der Waals surface area contributed by atoms with Gasteiger partial charge in [0, 0.05) is 24.7 Å². The Hall–Kier alpha value is -2.20. The van der Waals surface area contributed by atoms with Crippen molar-refractivity contribution in [3.8, 4) is 6.01 Å². The predicted octanol–water partition coefficient (Wildman–Crippen LogP) is 2.72. The van der Waals surface area contributed by atoms with Crippen LogP contribution < -0.4 is 21.1 Å². The summed E-state index contributed by atoms with van der Waals surface area (Å²) in [6, 6.07) is 7.88. The van der Waals surface area contributed by atoms with Crippen LogP contribution in [0.3, 0.4) is 0 Å².